The van der Waals surface area contributed by atoms with Gasteiger partial charge in [-0.25, -0.2) is 0 Å². The van der Waals surface area contributed by atoms with Gasteiger partial charge in [0.1, 0.15) is 5.84 Å². The Bertz CT molecular complexity index is 258. The Hall–Kier alpha value is -0.580. The lowest BCUT2D eigenvalue weighted by Gasteiger charge is -1.98. The van der Waals surface area contributed by atoms with Crippen molar-refractivity contribution in [3.8, 4) is 0 Å². The van der Waals surface area contributed by atoms with E-state index in [0.717, 1.165) is 9.13 Å². The van der Waals surface area contributed by atoms with Crippen molar-refractivity contribution in [2.45, 2.75) is 0 Å². The van der Waals surface area contributed by atoms with Gasteiger partial charge in [0.15, 0.2) is 0 Å². The highest BCUT2D eigenvalue weighted by Crippen LogP contribution is 2.09. The molecule has 0 saturated carbocycles. The summed E-state index contributed by atoms with van der Waals surface area (Å²) in [6.07, 6.45) is 0. The Kier molecular flexibility index (Phi) is 2.26. The Morgan fingerprint density at radius 2 is 2.00 bits per heavy atom. The monoisotopic (exact) mass is 246 g/mol. The number of nitrogens with one attached hydrogen (secondary N) is 1. The average Bonchev–Trinajstić information content (AvgIpc) is 1.88. The van der Waals surface area contributed by atoms with Crippen LogP contribution in [0.25, 0.3) is 0 Å². The van der Waals surface area contributed by atoms with E-state index < -0.39 is 0 Å². The molecule has 0 radical (unpaired) electrons. The highest BCUT2D eigenvalue weighted by molar-refractivity contribution is 14.1. The second-order valence-corrected chi connectivity index (χ2v) is 3.06. The molecule has 1 aromatic carbocycles. The van der Waals surface area contributed by atoms with Gasteiger partial charge >= 0.3 is 0 Å². The van der Waals surface area contributed by atoms with Crippen molar-refractivity contribution in [3.05, 3.63) is 33.4 Å². The lowest BCUT2D eigenvalue weighted by atomic mass is 10.2. The minimum atomic E-state index is 0.130. The molecule has 0 heterocycles. The van der Waals surface area contributed by atoms with Gasteiger partial charge in [-0.05, 0) is 28.7 Å². The number of halogens is 1. The molecule has 0 aromatic heterocycles. The fourth-order valence-corrected chi connectivity index (χ4v) is 1.36. The molecule has 52 valence electrons. The predicted octanol–water partition coefficient (Wildman–Crippen LogP) is 1.58. The zero-order chi connectivity index (χ0) is 7.56. The molecule has 0 fully saturated rings. The fourth-order valence-electron chi connectivity index (χ4n) is 0.680. The van der Waals surface area contributed by atoms with Crippen LogP contribution in [0.2, 0.25) is 0 Å². The molecule has 1 rings (SSSR count). The van der Waals surface area contributed by atoms with E-state index >= 15 is 0 Å². The quantitative estimate of drug-likeness (QED) is 0.441. The number of nitrogen functional groups attached to an aromatic ring is 1. The normalized spacial score (nSPS) is 9.30. The van der Waals surface area contributed by atoms with Crippen molar-refractivity contribution < 1.29 is 0 Å². The second kappa shape index (κ2) is 3.01. The van der Waals surface area contributed by atoms with E-state index in [1.807, 2.05) is 24.3 Å². The number of rotatable bonds is 1. The molecule has 0 aliphatic carbocycles. The van der Waals surface area contributed by atoms with Gasteiger partial charge in [0, 0.05) is 9.13 Å². The second-order valence-electron chi connectivity index (χ2n) is 1.89. The van der Waals surface area contributed by atoms with Gasteiger partial charge in [0.2, 0.25) is 0 Å². The first-order valence-corrected chi connectivity index (χ1v) is 3.88. The van der Waals surface area contributed by atoms with E-state index in [-0.39, 0.29) is 5.84 Å². The van der Waals surface area contributed by atoms with Crippen molar-refractivity contribution in [2.75, 3.05) is 0 Å². The van der Waals surface area contributed by atoms with E-state index in [4.69, 9.17) is 11.1 Å². The number of benzene rings is 1. The van der Waals surface area contributed by atoms with Crippen LogP contribution in [0.15, 0.2) is 24.3 Å². The molecule has 3 heteroatoms. The summed E-state index contributed by atoms with van der Waals surface area (Å²) in [6, 6.07) is 7.56. The van der Waals surface area contributed by atoms with E-state index in [0.29, 0.717) is 0 Å². The van der Waals surface area contributed by atoms with Crippen LogP contribution in [0.4, 0.5) is 0 Å². The first-order valence-electron chi connectivity index (χ1n) is 2.81. The maximum Gasteiger partial charge on any atom is 0.123 e. The minimum absolute atomic E-state index is 0.130. The molecule has 0 atom stereocenters. The van der Waals surface area contributed by atoms with Crippen LogP contribution in [0.1, 0.15) is 5.56 Å². The van der Waals surface area contributed by atoms with Crippen molar-refractivity contribution in [3.63, 3.8) is 0 Å². The molecule has 10 heavy (non-hydrogen) atoms. The zero-order valence-electron chi connectivity index (χ0n) is 5.26. The Labute approximate surface area is 73.1 Å². The van der Waals surface area contributed by atoms with Crippen LogP contribution in [-0.4, -0.2) is 5.84 Å². The molecular weight excluding hydrogens is 239 g/mol. The van der Waals surface area contributed by atoms with Crippen LogP contribution in [-0.2, 0) is 0 Å². The molecule has 0 spiro atoms. The van der Waals surface area contributed by atoms with Crippen LogP contribution in [0, 0.1) is 8.98 Å². The van der Waals surface area contributed by atoms with Gasteiger partial charge in [-0.15, -0.1) is 0 Å². The summed E-state index contributed by atoms with van der Waals surface area (Å²) in [5.41, 5.74) is 6.10. The molecule has 1 aromatic rings. The average molecular weight is 246 g/mol. The lowest BCUT2D eigenvalue weighted by molar-refractivity contribution is 1.41. The number of amidine groups is 1. The minimum Gasteiger partial charge on any atom is -0.384 e. The van der Waals surface area contributed by atoms with E-state index in [2.05, 4.69) is 22.6 Å². The van der Waals surface area contributed by atoms with Gasteiger partial charge in [0.05, 0.1) is 0 Å². The molecule has 0 saturated heterocycles. The summed E-state index contributed by atoms with van der Waals surface area (Å²) in [4.78, 5) is 0. The molecular formula is C7H7IN2. The van der Waals surface area contributed by atoms with Crippen LogP contribution >= 0.6 is 22.6 Å². The topological polar surface area (TPSA) is 49.9 Å². The molecule has 2 nitrogen and oxygen atoms in total. The van der Waals surface area contributed by atoms with Gasteiger partial charge in [-0.3, -0.25) is 5.41 Å². The highest BCUT2D eigenvalue weighted by atomic mass is 127. The van der Waals surface area contributed by atoms with Gasteiger partial charge in [-0.1, -0.05) is 18.2 Å². The Morgan fingerprint density at radius 3 is 2.40 bits per heavy atom. The largest absolute Gasteiger partial charge is 0.384 e. The molecule has 0 unspecified atom stereocenters. The first kappa shape index (κ1) is 7.53. The third kappa shape index (κ3) is 1.47. The third-order valence-electron chi connectivity index (χ3n) is 1.16. The van der Waals surface area contributed by atoms with E-state index in [1.165, 1.54) is 0 Å². The highest BCUT2D eigenvalue weighted by Gasteiger charge is 1.98. The number of hydrogen-bond acceptors (Lipinski definition) is 1. The fraction of sp³-hybridized carbons (Fsp3) is 0. The van der Waals surface area contributed by atoms with E-state index in [9.17, 15) is 0 Å². The third-order valence-corrected chi connectivity index (χ3v) is 2.10. The van der Waals surface area contributed by atoms with Crippen molar-refractivity contribution >= 4 is 28.4 Å². The van der Waals surface area contributed by atoms with Crippen molar-refractivity contribution in [1.82, 2.24) is 0 Å². The summed E-state index contributed by atoms with van der Waals surface area (Å²) in [5, 5.41) is 7.15. The van der Waals surface area contributed by atoms with Gasteiger partial charge in [0.25, 0.3) is 0 Å². The summed E-state index contributed by atoms with van der Waals surface area (Å²) in [7, 11) is 0. The van der Waals surface area contributed by atoms with Crippen molar-refractivity contribution in [1.29, 1.82) is 5.41 Å². The Morgan fingerprint density at radius 1 is 1.40 bits per heavy atom. The summed E-state index contributed by atoms with van der Waals surface area (Å²) in [5.74, 6) is 0.130. The van der Waals surface area contributed by atoms with Crippen LogP contribution < -0.4 is 5.73 Å². The molecule has 0 bridgehead atoms. The number of hydrogen-bond donors (Lipinski definition) is 2. The molecule has 3 N–H and O–H groups in total. The predicted molar refractivity (Wildman–Crippen MR) is 50.2 cm³/mol. The Balaban J connectivity index is 3.15. The van der Waals surface area contributed by atoms with Gasteiger partial charge < -0.3 is 5.73 Å². The lowest BCUT2D eigenvalue weighted by Crippen LogP contribution is -2.12. The maximum absolute atomic E-state index is 7.15. The van der Waals surface area contributed by atoms with E-state index in [1.54, 1.807) is 0 Å². The molecule has 0 aliphatic heterocycles. The number of nitrogens with two attached hydrogens (primary N) is 1. The molecule has 0 aliphatic rings. The summed E-state index contributed by atoms with van der Waals surface area (Å²) >= 11 is 2.15. The SMILES string of the molecule is N=C(N)c1ccccc1I. The molecule has 0 amide bonds. The summed E-state index contributed by atoms with van der Waals surface area (Å²) in [6.45, 7) is 0. The summed E-state index contributed by atoms with van der Waals surface area (Å²) < 4.78 is 1.02. The van der Waals surface area contributed by atoms with Crippen LogP contribution in [0.5, 0.6) is 0 Å². The standard InChI is InChI=1S/C7H7IN2/c8-6-4-2-1-3-5(6)7(9)10/h1-4H,(H3,9,10). The van der Waals surface area contributed by atoms with Crippen LogP contribution in [0.3, 0.4) is 0 Å². The zero-order valence-corrected chi connectivity index (χ0v) is 7.42. The van der Waals surface area contributed by atoms with Crippen molar-refractivity contribution in [2.24, 2.45) is 5.73 Å². The smallest absolute Gasteiger partial charge is 0.123 e. The van der Waals surface area contributed by atoms with Gasteiger partial charge in [-0.2, -0.15) is 0 Å². The first-order chi connectivity index (χ1) is 4.72. The maximum atomic E-state index is 7.15.